The fraction of sp³-hybridized carbons (Fsp3) is 0.182. The molecule has 1 aliphatic heterocycles. The Morgan fingerprint density at radius 2 is 1.94 bits per heavy atom. The van der Waals surface area contributed by atoms with Crippen LogP contribution in [0.5, 0.6) is 5.75 Å². The zero-order valence-electron chi connectivity index (χ0n) is 17.1. The summed E-state index contributed by atoms with van der Waals surface area (Å²) in [7, 11) is 0. The summed E-state index contributed by atoms with van der Waals surface area (Å²) in [5, 5.41) is 1.30. The highest BCUT2D eigenvalue weighted by atomic mass is 35.5. The fourth-order valence-corrected chi connectivity index (χ4v) is 4.76. The highest BCUT2D eigenvalue weighted by Gasteiger charge is 2.31. The molecule has 1 atom stereocenters. The summed E-state index contributed by atoms with van der Waals surface area (Å²) in [6.45, 7) is 0.306. The summed E-state index contributed by atoms with van der Waals surface area (Å²) in [5.41, 5.74) is 4.24. The third kappa shape index (κ3) is 6.70. The van der Waals surface area contributed by atoms with Crippen molar-refractivity contribution in [3.8, 4) is 5.75 Å². The molecule has 0 fully saturated rings. The molecular formula is C22H15Cl3F3N3O2S. The Balaban J connectivity index is 1.60. The van der Waals surface area contributed by atoms with Gasteiger partial charge in [-0.2, -0.15) is 0 Å². The normalized spacial score (nSPS) is 16.1. The van der Waals surface area contributed by atoms with E-state index in [1.165, 1.54) is 36.2 Å². The molecule has 1 N–H and O–H groups in total. The van der Waals surface area contributed by atoms with Crippen molar-refractivity contribution in [1.29, 1.82) is 0 Å². The van der Waals surface area contributed by atoms with Crippen LogP contribution in [0.2, 0.25) is 15.2 Å². The van der Waals surface area contributed by atoms with Gasteiger partial charge in [0, 0.05) is 31.6 Å². The Morgan fingerprint density at radius 1 is 1.12 bits per heavy atom. The molecule has 4 rings (SSSR count). The maximum absolute atomic E-state index is 12.6. The molecular weight excluding hydrogens is 534 g/mol. The Labute approximate surface area is 212 Å². The second-order valence-electron chi connectivity index (χ2n) is 7.11. The van der Waals surface area contributed by atoms with E-state index in [2.05, 4.69) is 15.2 Å². The van der Waals surface area contributed by atoms with Gasteiger partial charge in [-0.1, -0.05) is 58.7 Å². The number of amidine groups is 1. The van der Waals surface area contributed by atoms with E-state index in [0.717, 1.165) is 5.56 Å². The number of benzene rings is 2. The van der Waals surface area contributed by atoms with E-state index in [1.807, 2.05) is 6.07 Å². The van der Waals surface area contributed by atoms with E-state index in [9.17, 15) is 13.2 Å². The molecule has 1 aromatic heterocycles. The van der Waals surface area contributed by atoms with Gasteiger partial charge in [-0.05, 0) is 48.4 Å². The molecule has 0 aliphatic carbocycles. The van der Waals surface area contributed by atoms with Crippen LogP contribution in [0.4, 0.5) is 13.2 Å². The predicted molar refractivity (Wildman–Crippen MR) is 126 cm³/mol. The second-order valence-corrected chi connectivity index (χ2v) is 9.46. The fourth-order valence-electron chi connectivity index (χ4n) is 3.17. The number of alkyl halides is 3. The first kappa shape index (κ1) is 24.9. The number of hydrogen-bond donors (Lipinski definition) is 1. The average molecular weight is 549 g/mol. The van der Waals surface area contributed by atoms with Gasteiger partial charge < -0.3 is 4.74 Å². The molecule has 0 saturated heterocycles. The van der Waals surface area contributed by atoms with Crippen molar-refractivity contribution in [2.45, 2.75) is 28.6 Å². The van der Waals surface area contributed by atoms with Crippen molar-refractivity contribution in [3.05, 3.63) is 81.1 Å². The molecule has 0 amide bonds. The van der Waals surface area contributed by atoms with Gasteiger partial charge in [-0.15, -0.1) is 13.2 Å². The summed E-state index contributed by atoms with van der Waals surface area (Å²) in [4.78, 5) is 15.5. The van der Waals surface area contributed by atoms with Gasteiger partial charge in [0.2, 0.25) is 0 Å². The molecule has 0 unspecified atom stereocenters. The number of nitrogens with zero attached hydrogens (tertiary/aromatic N) is 2. The first-order valence-corrected chi connectivity index (χ1v) is 11.7. The quantitative estimate of drug-likeness (QED) is 0.337. The van der Waals surface area contributed by atoms with Crippen molar-refractivity contribution < 1.29 is 22.7 Å². The molecule has 2 aromatic carbocycles. The van der Waals surface area contributed by atoms with E-state index >= 15 is 0 Å². The largest absolute Gasteiger partial charge is 0.573 e. The summed E-state index contributed by atoms with van der Waals surface area (Å²) in [6, 6.07) is 12.3. The number of rotatable bonds is 6. The number of ether oxygens (including phenoxy) is 1. The second kappa shape index (κ2) is 10.6. The number of nitrogens with one attached hydrogen (secondary N) is 1. The summed E-state index contributed by atoms with van der Waals surface area (Å²) in [6.07, 6.45) is -2.75. The molecule has 0 saturated carbocycles. The molecule has 34 heavy (non-hydrogen) atoms. The molecule has 5 nitrogen and oxygen atoms in total. The van der Waals surface area contributed by atoms with E-state index in [-0.39, 0.29) is 16.9 Å². The zero-order valence-corrected chi connectivity index (χ0v) is 20.2. The number of aromatic nitrogens is 1. The van der Waals surface area contributed by atoms with Crippen LogP contribution >= 0.6 is 46.6 Å². The monoisotopic (exact) mass is 547 g/mol. The van der Waals surface area contributed by atoms with Crippen LogP contribution < -0.4 is 10.2 Å². The van der Waals surface area contributed by atoms with Crippen LogP contribution in [0.1, 0.15) is 11.1 Å². The number of pyridine rings is 1. The molecule has 12 heteroatoms. The van der Waals surface area contributed by atoms with Crippen molar-refractivity contribution in [3.63, 3.8) is 0 Å². The van der Waals surface area contributed by atoms with E-state index in [4.69, 9.17) is 44.6 Å². The number of hydroxylamine groups is 1. The molecule has 2 heterocycles. The molecule has 3 aromatic rings. The first-order valence-electron chi connectivity index (χ1n) is 9.75. The standard InChI is InChI=1S/C22H15Cl3F3N3O2S/c23-13-5-4-12(18(24)7-13)6-14-11-32-31-21(30-14)17-9-20(25)29-10-19(17)34-16-3-1-2-15(8-16)33-22(26,27)28/h1-5,7-10,14H,6,11H2,(H,30,31)/t14-/m0/s1. The van der Waals surface area contributed by atoms with Crippen molar-refractivity contribution in [2.24, 2.45) is 4.99 Å². The van der Waals surface area contributed by atoms with Crippen LogP contribution in [-0.2, 0) is 11.3 Å². The minimum Gasteiger partial charge on any atom is -0.406 e. The van der Waals surface area contributed by atoms with Crippen LogP contribution in [0.15, 0.2) is 69.5 Å². The third-order valence-corrected chi connectivity index (χ3v) is 6.41. The summed E-state index contributed by atoms with van der Waals surface area (Å²) < 4.78 is 41.8. The van der Waals surface area contributed by atoms with Crippen molar-refractivity contribution in [2.75, 3.05) is 6.61 Å². The van der Waals surface area contributed by atoms with Crippen LogP contribution in [0, 0.1) is 0 Å². The summed E-state index contributed by atoms with van der Waals surface area (Å²) >= 11 is 19.6. The Hall–Kier alpha value is -2.17. The van der Waals surface area contributed by atoms with Gasteiger partial charge >= 0.3 is 6.36 Å². The minimum atomic E-state index is -4.78. The molecule has 0 bridgehead atoms. The van der Waals surface area contributed by atoms with E-state index < -0.39 is 6.36 Å². The van der Waals surface area contributed by atoms with Crippen molar-refractivity contribution in [1.82, 2.24) is 10.5 Å². The molecule has 0 radical (unpaired) electrons. The third-order valence-electron chi connectivity index (χ3n) is 4.58. The van der Waals surface area contributed by atoms with Gasteiger partial charge in [0.1, 0.15) is 10.9 Å². The van der Waals surface area contributed by atoms with Crippen molar-refractivity contribution >= 4 is 52.4 Å². The Bertz CT molecular complexity index is 1230. The smallest absolute Gasteiger partial charge is 0.406 e. The van der Waals surface area contributed by atoms with Gasteiger partial charge in [0.15, 0.2) is 5.84 Å². The van der Waals surface area contributed by atoms with Gasteiger partial charge in [-0.3, -0.25) is 9.83 Å². The van der Waals surface area contributed by atoms with Crippen LogP contribution in [0.3, 0.4) is 0 Å². The van der Waals surface area contributed by atoms with Crippen LogP contribution in [-0.4, -0.2) is 29.8 Å². The molecule has 0 spiro atoms. The van der Waals surface area contributed by atoms with E-state index in [1.54, 1.807) is 24.3 Å². The van der Waals surface area contributed by atoms with Crippen LogP contribution in [0.25, 0.3) is 0 Å². The lowest BCUT2D eigenvalue weighted by molar-refractivity contribution is -0.274. The zero-order chi connectivity index (χ0) is 24.3. The predicted octanol–water partition coefficient (Wildman–Crippen LogP) is 6.98. The SMILES string of the molecule is FC(F)(F)Oc1cccc(Sc2cnc(Cl)cc2C2=N[C@@H](Cc3ccc(Cl)cc3Cl)CON2)c1. The Morgan fingerprint density at radius 3 is 2.71 bits per heavy atom. The highest BCUT2D eigenvalue weighted by molar-refractivity contribution is 7.99. The Kier molecular flexibility index (Phi) is 7.79. The lowest BCUT2D eigenvalue weighted by atomic mass is 10.1. The molecule has 1 aliphatic rings. The van der Waals surface area contributed by atoms with E-state index in [0.29, 0.717) is 44.3 Å². The average Bonchev–Trinajstić information content (AvgIpc) is 2.76. The topological polar surface area (TPSA) is 55.7 Å². The first-order chi connectivity index (χ1) is 16.2. The summed E-state index contributed by atoms with van der Waals surface area (Å²) in [5.74, 6) is 0.0909. The molecule has 178 valence electrons. The minimum absolute atomic E-state index is 0.223. The number of halogens is 6. The van der Waals surface area contributed by atoms with Gasteiger partial charge in [0.25, 0.3) is 0 Å². The van der Waals surface area contributed by atoms with Gasteiger partial charge in [-0.25, -0.2) is 10.5 Å². The highest BCUT2D eigenvalue weighted by Crippen LogP contribution is 2.35. The maximum atomic E-state index is 12.6. The van der Waals surface area contributed by atoms with Gasteiger partial charge in [0.05, 0.1) is 12.6 Å². The maximum Gasteiger partial charge on any atom is 0.573 e. The number of aliphatic imine (C=N–C) groups is 1. The number of hydrogen-bond acceptors (Lipinski definition) is 6. The lowest BCUT2D eigenvalue weighted by Gasteiger charge is -2.23. The lowest BCUT2D eigenvalue weighted by Crippen LogP contribution is -2.37.